The third-order valence-electron chi connectivity index (χ3n) is 4.24. The molecule has 0 nitrogen and oxygen atoms in total. The monoisotopic (exact) mass is 366 g/mol. The SMILES string of the molecule is CC(C)(C)c1ccc(P(c2ccc(C(C)(C)C)cc2)C(F)(F)F)cc1. The van der Waals surface area contributed by atoms with E-state index in [-0.39, 0.29) is 10.8 Å². The molecule has 0 radical (unpaired) electrons. The van der Waals surface area contributed by atoms with Crippen molar-refractivity contribution < 1.29 is 13.2 Å². The fraction of sp³-hybridized carbons (Fsp3) is 0.429. The first-order chi connectivity index (χ1) is 11.3. The molecular weight excluding hydrogens is 340 g/mol. The summed E-state index contributed by atoms with van der Waals surface area (Å²) in [5.74, 6) is -4.26. The molecule has 0 aliphatic heterocycles. The van der Waals surface area contributed by atoms with Crippen molar-refractivity contribution >= 4 is 18.5 Å². The number of hydrogen-bond acceptors (Lipinski definition) is 0. The molecule has 0 atom stereocenters. The first kappa shape index (κ1) is 20.0. The quantitative estimate of drug-likeness (QED) is 0.552. The van der Waals surface area contributed by atoms with Gasteiger partial charge in [-0.05, 0) is 32.6 Å². The zero-order chi connectivity index (χ0) is 19.0. The van der Waals surface area contributed by atoms with E-state index in [1.165, 1.54) is 0 Å². The first-order valence-corrected chi connectivity index (χ1v) is 9.72. The predicted octanol–water partition coefficient (Wildman–Crippen LogP) is 6.23. The second-order valence-corrected chi connectivity index (χ2v) is 10.6. The zero-order valence-corrected chi connectivity index (χ0v) is 16.6. The highest BCUT2D eigenvalue weighted by atomic mass is 31.1. The molecule has 4 heteroatoms. The van der Waals surface area contributed by atoms with Gasteiger partial charge in [0.1, 0.15) is 0 Å². The van der Waals surface area contributed by atoms with E-state index < -0.39 is 13.8 Å². The van der Waals surface area contributed by atoms with Crippen molar-refractivity contribution in [3.05, 3.63) is 59.7 Å². The van der Waals surface area contributed by atoms with Crippen LogP contribution in [0.3, 0.4) is 0 Å². The summed E-state index contributed by atoms with van der Waals surface area (Å²) >= 11 is 0. The topological polar surface area (TPSA) is 0 Å². The largest absolute Gasteiger partial charge is 0.413 e. The highest BCUT2D eigenvalue weighted by Crippen LogP contribution is 2.51. The maximum Gasteiger partial charge on any atom is 0.413 e. The molecule has 25 heavy (non-hydrogen) atoms. The number of alkyl halides is 3. The third kappa shape index (κ3) is 4.85. The molecule has 0 saturated carbocycles. The van der Waals surface area contributed by atoms with Crippen molar-refractivity contribution in [1.29, 1.82) is 0 Å². The second-order valence-electron chi connectivity index (χ2n) is 8.40. The minimum absolute atomic E-state index is 0.0755. The van der Waals surface area contributed by atoms with Gasteiger partial charge in [-0.2, -0.15) is 13.2 Å². The Bertz CT molecular complexity index is 642. The molecule has 136 valence electrons. The smallest absolute Gasteiger partial charge is 0.166 e. The fourth-order valence-corrected chi connectivity index (χ4v) is 4.44. The lowest BCUT2D eigenvalue weighted by molar-refractivity contribution is -0.0379. The van der Waals surface area contributed by atoms with E-state index >= 15 is 0 Å². The summed E-state index contributed by atoms with van der Waals surface area (Å²) in [5.41, 5.74) is 1.93. The highest BCUT2D eigenvalue weighted by molar-refractivity contribution is 7.73. The number of rotatable bonds is 2. The van der Waals surface area contributed by atoms with Crippen molar-refractivity contribution in [3.63, 3.8) is 0 Å². The Hall–Kier alpha value is -1.34. The molecule has 0 saturated heterocycles. The molecule has 2 rings (SSSR count). The molecular formula is C21H26F3P. The molecule has 0 amide bonds. The Morgan fingerprint density at radius 2 is 0.840 bits per heavy atom. The minimum atomic E-state index is -4.26. The van der Waals surface area contributed by atoms with E-state index in [0.29, 0.717) is 10.6 Å². The molecule has 2 aromatic rings. The Labute approximate surface area is 150 Å². The Balaban J connectivity index is 2.44. The average molecular weight is 366 g/mol. The van der Waals surface area contributed by atoms with Crippen molar-refractivity contribution in [2.75, 3.05) is 0 Å². The van der Waals surface area contributed by atoms with Crippen LogP contribution in [0.15, 0.2) is 48.5 Å². The van der Waals surface area contributed by atoms with Crippen LogP contribution in [0.5, 0.6) is 0 Å². The first-order valence-electron chi connectivity index (χ1n) is 8.38. The molecule has 0 bridgehead atoms. The van der Waals surface area contributed by atoms with Gasteiger partial charge in [-0.1, -0.05) is 90.1 Å². The predicted molar refractivity (Wildman–Crippen MR) is 103 cm³/mol. The number of halogens is 3. The van der Waals surface area contributed by atoms with E-state index in [9.17, 15) is 13.2 Å². The Morgan fingerprint density at radius 1 is 0.560 bits per heavy atom. The normalized spacial score (nSPS) is 13.4. The number of hydrogen-bond donors (Lipinski definition) is 0. The molecule has 0 spiro atoms. The van der Waals surface area contributed by atoms with Crippen LogP contribution < -0.4 is 10.6 Å². The molecule has 0 unspecified atom stereocenters. The molecule has 2 aromatic carbocycles. The van der Waals surface area contributed by atoms with Crippen molar-refractivity contribution in [2.45, 2.75) is 58.3 Å². The summed E-state index contributed by atoms with van der Waals surface area (Å²) in [7, 11) is -2.39. The van der Waals surface area contributed by atoms with E-state index in [1.807, 2.05) is 24.3 Å². The minimum Gasteiger partial charge on any atom is -0.166 e. The van der Waals surface area contributed by atoms with Crippen LogP contribution in [0.25, 0.3) is 0 Å². The van der Waals surface area contributed by atoms with Gasteiger partial charge in [0.05, 0.1) is 7.92 Å². The maximum atomic E-state index is 13.8. The lowest BCUT2D eigenvalue weighted by atomic mass is 9.87. The fourth-order valence-electron chi connectivity index (χ4n) is 2.66. The summed E-state index contributed by atoms with van der Waals surface area (Å²) in [6.07, 6.45) is 0. The van der Waals surface area contributed by atoms with E-state index in [2.05, 4.69) is 41.5 Å². The van der Waals surface area contributed by atoms with Gasteiger partial charge in [-0.25, -0.2) is 0 Å². The molecule has 0 aliphatic carbocycles. The Kier molecular flexibility index (Phi) is 5.40. The Morgan fingerprint density at radius 3 is 1.04 bits per heavy atom. The van der Waals surface area contributed by atoms with Gasteiger partial charge in [-0.15, -0.1) is 0 Å². The van der Waals surface area contributed by atoms with Gasteiger partial charge >= 0.3 is 5.92 Å². The summed E-state index contributed by atoms with van der Waals surface area (Å²) in [4.78, 5) is 0. The van der Waals surface area contributed by atoms with Crippen LogP contribution in [0.4, 0.5) is 13.2 Å². The van der Waals surface area contributed by atoms with Crippen molar-refractivity contribution in [3.8, 4) is 0 Å². The highest BCUT2D eigenvalue weighted by Gasteiger charge is 2.42. The van der Waals surface area contributed by atoms with E-state index in [1.54, 1.807) is 24.3 Å². The molecule has 0 heterocycles. The van der Waals surface area contributed by atoms with Crippen molar-refractivity contribution in [1.82, 2.24) is 0 Å². The van der Waals surface area contributed by atoms with Crippen LogP contribution in [-0.2, 0) is 10.8 Å². The van der Waals surface area contributed by atoms with Gasteiger partial charge in [0.25, 0.3) is 0 Å². The zero-order valence-electron chi connectivity index (χ0n) is 15.7. The van der Waals surface area contributed by atoms with Crippen LogP contribution >= 0.6 is 7.92 Å². The summed E-state index contributed by atoms with van der Waals surface area (Å²) < 4.78 is 41.4. The second kappa shape index (κ2) is 6.76. The van der Waals surface area contributed by atoms with Crippen LogP contribution in [0, 0.1) is 0 Å². The molecule has 0 N–H and O–H groups in total. The lowest BCUT2D eigenvalue weighted by Crippen LogP contribution is -2.24. The number of benzene rings is 2. The van der Waals surface area contributed by atoms with Gasteiger partial charge in [0, 0.05) is 0 Å². The third-order valence-corrected chi connectivity index (χ3v) is 6.37. The van der Waals surface area contributed by atoms with Gasteiger partial charge < -0.3 is 0 Å². The van der Waals surface area contributed by atoms with Gasteiger partial charge in [0.2, 0.25) is 0 Å². The van der Waals surface area contributed by atoms with Crippen LogP contribution in [0.1, 0.15) is 52.7 Å². The molecule has 0 fully saturated rings. The van der Waals surface area contributed by atoms with E-state index in [0.717, 1.165) is 11.1 Å². The molecule has 0 aliphatic rings. The summed E-state index contributed by atoms with van der Waals surface area (Å²) in [6, 6.07) is 13.8. The maximum absolute atomic E-state index is 13.8. The van der Waals surface area contributed by atoms with Gasteiger partial charge in [-0.3, -0.25) is 0 Å². The van der Waals surface area contributed by atoms with E-state index in [4.69, 9.17) is 0 Å². The standard InChI is InChI=1S/C21H26F3P/c1-19(2,3)15-7-11-17(12-8-15)25(21(22,23)24)18-13-9-16(10-14-18)20(4,5)6/h7-14H,1-6H3. The van der Waals surface area contributed by atoms with Crippen LogP contribution in [-0.4, -0.2) is 5.92 Å². The van der Waals surface area contributed by atoms with Crippen molar-refractivity contribution in [2.24, 2.45) is 0 Å². The summed E-state index contributed by atoms with van der Waals surface area (Å²) in [6.45, 7) is 12.3. The lowest BCUT2D eigenvalue weighted by Gasteiger charge is -2.25. The van der Waals surface area contributed by atoms with Crippen LogP contribution in [0.2, 0.25) is 0 Å². The average Bonchev–Trinajstić information content (AvgIpc) is 2.45. The van der Waals surface area contributed by atoms with Gasteiger partial charge in [0.15, 0.2) is 0 Å². The molecule has 0 aromatic heterocycles. The summed E-state index contributed by atoms with van der Waals surface area (Å²) in [5, 5.41) is 0.693.